The van der Waals surface area contributed by atoms with E-state index in [1.807, 2.05) is 42.9 Å². The molecule has 0 amide bonds. The lowest BCUT2D eigenvalue weighted by Crippen LogP contribution is -2.47. The molecule has 1 aliphatic heterocycles. The fourth-order valence-electron chi connectivity index (χ4n) is 3.63. The minimum Gasteiger partial charge on any atom is -0.491 e. The van der Waals surface area contributed by atoms with Gasteiger partial charge in [-0.1, -0.05) is 0 Å². The van der Waals surface area contributed by atoms with Crippen molar-refractivity contribution >= 4 is 39.0 Å². The number of Topliss-reactive ketones (excluding diaryl/α,β-unsaturated/α-hetero) is 1. The van der Waals surface area contributed by atoms with E-state index in [9.17, 15) is 4.79 Å². The number of aromatic nitrogens is 2. The Morgan fingerprint density at radius 1 is 1.23 bits per heavy atom. The van der Waals surface area contributed by atoms with E-state index < -0.39 is 0 Å². The van der Waals surface area contributed by atoms with Crippen LogP contribution in [0.3, 0.4) is 0 Å². The number of hydrogen-bond acceptors (Lipinski definition) is 8. The third-order valence-electron chi connectivity index (χ3n) is 5.39. The first-order chi connectivity index (χ1) is 14.6. The monoisotopic (exact) mass is 425 g/mol. The number of piperazine rings is 1. The maximum absolute atomic E-state index is 11.5. The van der Waals surface area contributed by atoms with Crippen LogP contribution >= 0.6 is 11.3 Å². The summed E-state index contributed by atoms with van der Waals surface area (Å²) in [6.07, 6.45) is 2.84. The highest BCUT2D eigenvalue weighted by Crippen LogP contribution is 2.26. The van der Waals surface area contributed by atoms with Crippen molar-refractivity contribution < 1.29 is 9.53 Å². The number of thiophene rings is 1. The third kappa shape index (κ3) is 4.71. The van der Waals surface area contributed by atoms with Crippen LogP contribution in [-0.4, -0.2) is 67.0 Å². The summed E-state index contributed by atoms with van der Waals surface area (Å²) in [5, 5.41) is 5.14. The van der Waals surface area contributed by atoms with Crippen molar-refractivity contribution in [2.75, 3.05) is 56.6 Å². The van der Waals surface area contributed by atoms with E-state index in [2.05, 4.69) is 20.1 Å². The van der Waals surface area contributed by atoms with E-state index in [1.54, 1.807) is 18.3 Å². The minimum absolute atomic E-state index is 0.0542. The Bertz CT molecular complexity index is 1010. The lowest BCUT2D eigenvalue weighted by Gasteiger charge is -2.35. The Kier molecular flexibility index (Phi) is 6.44. The Labute approximate surface area is 180 Å². The highest BCUT2D eigenvalue weighted by atomic mass is 32.1. The number of nitrogens with one attached hydrogen (secondary N) is 1. The molecular formula is C22H27N5O2S. The standard InChI is InChI=1S/C22H27N5O2S/c1-16(28)17-4-5-20(19(14-17)23-2)29-12-3-7-26-8-10-27(11-9-26)21-15-24-18-6-13-30-22(18)25-21/h4-6,13-15,23H,3,7-12H2,1-2H3. The van der Waals surface area contributed by atoms with Crippen molar-refractivity contribution in [2.45, 2.75) is 13.3 Å². The Morgan fingerprint density at radius 3 is 2.83 bits per heavy atom. The topological polar surface area (TPSA) is 70.6 Å². The molecule has 3 aromatic rings. The largest absolute Gasteiger partial charge is 0.491 e. The predicted molar refractivity (Wildman–Crippen MR) is 122 cm³/mol. The number of carbonyl (C=O) groups excluding carboxylic acids is 1. The summed E-state index contributed by atoms with van der Waals surface area (Å²) in [5.74, 6) is 1.81. The van der Waals surface area contributed by atoms with Gasteiger partial charge in [0.2, 0.25) is 0 Å². The lowest BCUT2D eigenvalue weighted by atomic mass is 10.1. The molecule has 1 N–H and O–H groups in total. The van der Waals surface area contributed by atoms with E-state index >= 15 is 0 Å². The van der Waals surface area contributed by atoms with E-state index in [-0.39, 0.29) is 5.78 Å². The fraction of sp³-hybridized carbons (Fsp3) is 0.409. The Balaban J connectivity index is 1.22. The summed E-state index contributed by atoms with van der Waals surface area (Å²) in [6.45, 7) is 7.17. The van der Waals surface area contributed by atoms with Crippen molar-refractivity contribution in [2.24, 2.45) is 0 Å². The summed E-state index contributed by atoms with van der Waals surface area (Å²) in [4.78, 5) is 26.6. The number of ether oxygens (including phenoxy) is 1. The molecule has 3 heterocycles. The molecule has 1 aliphatic rings. The van der Waals surface area contributed by atoms with E-state index in [0.29, 0.717) is 12.2 Å². The third-order valence-corrected chi connectivity index (χ3v) is 6.18. The van der Waals surface area contributed by atoms with Gasteiger partial charge in [-0.15, -0.1) is 11.3 Å². The van der Waals surface area contributed by atoms with Crippen LogP contribution in [0.4, 0.5) is 11.5 Å². The SMILES string of the molecule is CNc1cc(C(C)=O)ccc1OCCCN1CCN(c2cnc3ccsc3n2)CC1. The molecule has 1 saturated heterocycles. The molecule has 7 nitrogen and oxygen atoms in total. The smallest absolute Gasteiger partial charge is 0.159 e. The molecule has 2 aromatic heterocycles. The number of hydrogen-bond donors (Lipinski definition) is 1. The molecule has 0 atom stereocenters. The number of fused-ring (bicyclic) bond motifs is 1. The number of nitrogens with zero attached hydrogens (tertiary/aromatic N) is 4. The van der Waals surface area contributed by atoms with Crippen molar-refractivity contribution in [1.82, 2.24) is 14.9 Å². The zero-order chi connectivity index (χ0) is 20.9. The molecule has 0 unspecified atom stereocenters. The average molecular weight is 426 g/mol. The van der Waals surface area contributed by atoms with Crippen LogP contribution in [-0.2, 0) is 0 Å². The number of carbonyl (C=O) groups is 1. The summed E-state index contributed by atoms with van der Waals surface area (Å²) >= 11 is 1.64. The van der Waals surface area contributed by atoms with Gasteiger partial charge in [-0.05, 0) is 43.0 Å². The Morgan fingerprint density at radius 2 is 2.07 bits per heavy atom. The minimum atomic E-state index is 0.0542. The highest BCUT2D eigenvalue weighted by Gasteiger charge is 2.18. The van der Waals surface area contributed by atoms with Crippen molar-refractivity contribution in [3.05, 3.63) is 41.4 Å². The number of anilines is 2. The van der Waals surface area contributed by atoms with Gasteiger partial charge >= 0.3 is 0 Å². The normalized spacial score (nSPS) is 14.8. The average Bonchev–Trinajstić information content (AvgIpc) is 3.25. The Hall–Kier alpha value is -2.71. The van der Waals surface area contributed by atoms with E-state index in [1.165, 1.54) is 0 Å². The van der Waals surface area contributed by atoms with Gasteiger partial charge < -0.3 is 15.0 Å². The van der Waals surface area contributed by atoms with Gasteiger partial charge in [-0.25, -0.2) is 9.97 Å². The summed E-state index contributed by atoms with van der Waals surface area (Å²) in [5.41, 5.74) is 2.51. The molecule has 158 valence electrons. The van der Waals surface area contributed by atoms with Gasteiger partial charge in [0.1, 0.15) is 16.4 Å². The second-order valence-corrected chi connectivity index (χ2v) is 8.28. The van der Waals surface area contributed by atoms with Gasteiger partial charge in [-0.2, -0.15) is 0 Å². The maximum atomic E-state index is 11.5. The predicted octanol–water partition coefficient (Wildman–Crippen LogP) is 3.53. The first kappa shape index (κ1) is 20.6. The van der Waals surface area contributed by atoms with Crippen LogP contribution in [0.1, 0.15) is 23.7 Å². The highest BCUT2D eigenvalue weighted by molar-refractivity contribution is 7.16. The molecular weight excluding hydrogens is 398 g/mol. The maximum Gasteiger partial charge on any atom is 0.159 e. The molecule has 0 aliphatic carbocycles. The lowest BCUT2D eigenvalue weighted by molar-refractivity contribution is 0.101. The fourth-order valence-corrected chi connectivity index (χ4v) is 4.34. The van der Waals surface area contributed by atoms with Crippen molar-refractivity contribution in [3.8, 4) is 5.75 Å². The second-order valence-electron chi connectivity index (χ2n) is 7.39. The first-order valence-electron chi connectivity index (χ1n) is 10.3. The number of ketones is 1. The molecule has 0 spiro atoms. The van der Waals surface area contributed by atoms with Gasteiger partial charge in [0.25, 0.3) is 0 Å². The van der Waals surface area contributed by atoms with Crippen LogP contribution < -0.4 is 15.0 Å². The molecule has 0 saturated carbocycles. The van der Waals surface area contributed by atoms with Crippen molar-refractivity contribution in [3.63, 3.8) is 0 Å². The van der Waals surface area contributed by atoms with Crippen LogP contribution in [0.25, 0.3) is 10.3 Å². The summed E-state index contributed by atoms with van der Waals surface area (Å²) < 4.78 is 5.95. The van der Waals surface area contributed by atoms with Crippen LogP contribution in [0.5, 0.6) is 5.75 Å². The van der Waals surface area contributed by atoms with Gasteiger partial charge in [-0.3, -0.25) is 9.69 Å². The number of rotatable bonds is 8. The number of benzene rings is 1. The quantitative estimate of drug-likeness (QED) is 0.437. The van der Waals surface area contributed by atoms with E-state index in [4.69, 9.17) is 9.72 Å². The summed E-state index contributed by atoms with van der Waals surface area (Å²) in [7, 11) is 1.84. The van der Waals surface area contributed by atoms with Crippen LogP contribution in [0.2, 0.25) is 0 Å². The summed E-state index contributed by atoms with van der Waals surface area (Å²) in [6, 6.07) is 7.53. The molecule has 30 heavy (non-hydrogen) atoms. The molecule has 0 bridgehead atoms. The molecule has 4 rings (SSSR count). The molecule has 8 heteroatoms. The first-order valence-corrected chi connectivity index (χ1v) is 11.1. The zero-order valence-electron chi connectivity index (χ0n) is 17.4. The molecule has 0 radical (unpaired) electrons. The van der Waals surface area contributed by atoms with Gasteiger partial charge in [0, 0.05) is 45.3 Å². The van der Waals surface area contributed by atoms with Gasteiger partial charge in [0.15, 0.2) is 5.78 Å². The van der Waals surface area contributed by atoms with Crippen molar-refractivity contribution in [1.29, 1.82) is 0 Å². The second kappa shape index (κ2) is 9.40. The van der Waals surface area contributed by atoms with Crippen LogP contribution in [0.15, 0.2) is 35.8 Å². The van der Waals surface area contributed by atoms with E-state index in [0.717, 1.165) is 66.7 Å². The molecule has 1 aromatic carbocycles. The van der Waals surface area contributed by atoms with Crippen LogP contribution in [0, 0.1) is 0 Å². The molecule has 1 fully saturated rings. The zero-order valence-corrected chi connectivity index (χ0v) is 18.2. The van der Waals surface area contributed by atoms with Gasteiger partial charge in [0.05, 0.1) is 24.0 Å².